The van der Waals surface area contributed by atoms with Crippen LogP contribution in [0.5, 0.6) is 0 Å². The van der Waals surface area contributed by atoms with Gasteiger partial charge >= 0.3 is 0 Å². The summed E-state index contributed by atoms with van der Waals surface area (Å²) in [5, 5.41) is 9.05. The Bertz CT molecular complexity index is 540. The number of nitrogens with one attached hydrogen (secondary N) is 2. The van der Waals surface area contributed by atoms with Crippen LogP contribution in [0.1, 0.15) is 59.7 Å². The van der Waals surface area contributed by atoms with Gasteiger partial charge in [0.1, 0.15) is 0 Å². The van der Waals surface area contributed by atoms with E-state index in [2.05, 4.69) is 22.1 Å². The lowest BCUT2D eigenvalue weighted by Crippen LogP contribution is -2.38. The molecule has 2 saturated carbocycles. The molecule has 1 aliphatic heterocycles. The summed E-state index contributed by atoms with van der Waals surface area (Å²) in [6.07, 6.45) is 7.15. The largest absolute Gasteiger partial charge is 0.381 e. The lowest BCUT2D eigenvalue weighted by Gasteiger charge is -2.26. The van der Waals surface area contributed by atoms with Gasteiger partial charge in [-0.25, -0.2) is 0 Å². The van der Waals surface area contributed by atoms with Gasteiger partial charge in [-0.1, -0.05) is 6.42 Å². The molecule has 2 N–H and O–H groups in total. The lowest BCUT2D eigenvalue weighted by molar-refractivity contribution is 0.0698. The number of carbonyl (C=O) groups excluding carboxylic acids is 1. The molecule has 0 radical (unpaired) electrons. The molecule has 1 aromatic rings. The Balaban J connectivity index is 0.00000156. The molecule has 2 atom stereocenters. The lowest BCUT2D eigenvalue weighted by atomic mass is 9.93. The minimum absolute atomic E-state index is 0. The Hall–Kier alpha value is -0.620. The summed E-state index contributed by atoms with van der Waals surface area (Å²) in [5.74, 6) is 0.716. The molecule has 1 aromatic heterocycles. The number of rotatable bonds is 5. The van der Waals surface area contributed by atoms with Gasteiger partial charge in [0.15, 0.2) is 0 Å². The Kier molecular flexibility index (Phi) is 5.62. The molecule has 23 heavy (non-hydrogen) atoms. The highest BCUT2D eigenvalue weighted by molar-refractivity contribution is 7.12. The van der Waals surface area contributed by atoms with Gasteiger partial charge in [0.2, 0.25) is 0 Å². The predicted molar refractivity (Wildman–Crippen MR) is 94.8 cm³/mol. The maximum Gasteiger partial charge on any atom is 0.261 e. The van der Waals surface area contributed by atoms with Crippen LogP contribution >= 0.6 is 23.7 Å². The Morgan fingerprint density at radius 3 is 2.65 bits per heavy atom. The summed E-state index contributed by atoms with van der Waals surface area (Å²) in [6.45, 7) is 1.52. The quantitative estimate of drug-likeness (QED) is 0.852. The third-order valence-electron chi connectivity index (χ3n) is 5.17. The van der Waals surface area contributed by atoms with Gasteiger partial charge in [0.25, 0.3) is 5.91 Å². The highest BCUT2D eigenvalue weighted by atomic mass is 35.5. The SMILES string of the molecule is Cl.O=C(NC1CCOCC1)c1cc([C@H]2C[C@@H]2NC2CCC2)cs1. The maximum absolute atomic E-state index is 12.3. The van der Waals surface area contributed by atoms with Gasteiger partial charge in [-0.2, -0.15) is 0 Å². The van der Waals surface area contributed by atoms with Crippen molar-refractivity contribution in [3.63, 3.8) is 0 Å². The maximum atomic E-state index is 12.3. The van der Waals surface area contributed by atoms with Gasteiger partial charge in [-0.15, -0.1) is 23.7 Å². The Labute approximate surface area is 147 Å². The predicted octanol–water partition coefficient (Wildman–Crippen LogP) is 3.08. The van der Waals surface area contributed by atoms with Crippen LogP contribution in [0.4, 0.5) is 0 Å². The zero-order chi connectivity index (χ0) is 14.9. The molecule has 2 aliphatic carbocycles. The van der Waals surface area contributed by atoms with Crippen LogP contribution in [0.25, 0.3) is 0 Å². The van der Waals surface area contributed by atoms with Gasteiger partial charge in [-0.3, -0.25) is 4.79 Å². The van der Waals surface area contributed by atoms with Crippen molar-refractivity contribution in [1.82, 2.24) is 10.6 Å². The summed E-state index contributed by atoms with van der Waals surface area (Å²) >= 11 is 1.58. The average molecular weight is 357 g/mol. The molecule has 0 aromatic carbocycles. The summed E-state index contributed by atoms with van der Waals surface area (Å²) in [7, 11) is 0. The number of hydrogen-bond donors (Lipinski definition) is 2. The van der Waals surface area contributed by atoms with E-state index in [9.17, 15) is 4.79 Å². The molecule has 0 unspecified atom stereocenters. The molecule has 1 amide bonds. The Morgan fingerprint density at radius 1 is 1.17 bits per heavy atom. The third-order valence-corrected chi connectivity index (χ3v) is 6.12. The molecule has 3 aliphatic rings. The van der Waals surface area contributed by atoms with E-state index in [4.69, 9.17) is 4.74 Å². The first-order chi connectivity index (χ1) is 10.8. The number of amides is 1. The standard InChI is InChI=1S/C17H24N2O2S.ClH/c20-17(19-13-4-6-21-7-5-13)16-8-11(10-22-16)14-9-15(14)18-12-2-1-3-12;/h8,10,12-15,18H,1-7,9H2,(H,19,20);1H/t14-,15+;/m1./s1. The highest BCUT2D eigenvalue weighted by Crippen LogP contribution is 2.43. The van der Waals surface area contributed by atoms with Crippen LogP contribution in [0, 0.1) is 0 Å². The van der Waals surface area contributed by atoms with Crippen LogP contribution < -0.4 is 10.6 Å². The van der Waals surface area contributed by atoms with Crippen molar-refractivity contribution < 1.29 is 9.53 Å². The topological polar surface area (TPSA) is 50.4 Å². The van der Waals surface area contributed by atoms with Crippen molar-refractivity contribution in [3.05, 3.63) is 21.9 Å². The van der Waals surface area contributed by atoms with Crippen molar-refractivity contribution in [2.24, 2.45) is 0 Å². The molecule has 6 heteroatoms. The number of ether oxygens (including phenoxy) is 1. The van der Waals surface area contributed by atoms with Crippen molar-refractivity contribution in [2.45, 2.75) is 62.6 Å². The summed E-state index contributed by atoms with van der Waals surface area (Å²) < 4.78 is 5.33. The molecule has 0 spiro atoms. The van der Waals surface area contributed by atoms with Gasteiger partial charge in [0.05, 0.1) is 4.88 Å². The monoisotopic (exact) mass is 356 g/mol. The summed E-state index contributed by atoms with van der Waals surface area (Å²) in [6, 6.07) is 3.78. The zero-order valence-corrected chi connectivity index (χ0v) is 14.9. The van der Waals surface area contributed by atoms with E-state index in [0.29, 0.717) is 12.0 Å². The molecule has 4 rings (SSSR count). The van der Waals surface area contributed by atoms with Gasteiger partial charge in [-0.05, 0) is 49.1 Å². The molecule has 128 valence electrons. The number of carbonyl (C=O) groups is 1. The molecule has 3 fully saturated rings. The molecular formula is C17H25ClN2O2S. The second kappa shape index (κ2) is 7.51. The highest BCUT2D eigenvalue weighted by Gasteiger charge is 2.40. The molecular weight excluding hydrogens is 332 g/mol. The zero-order valence-electron chi connectivity index (χ0n) is 13.3. The molecule has 0 bridgehead atoms. The van der Waals surface area contributed by atoms with Crippen LogP contribution in [0.15, 0.2) is 11.4 Å². The number of halogens is 1. The van der Waals surface area contributed by atoms with E-state index in [1.54, 1.807) is 11.3 Å². The van der Waals surface area contributed by atoms with Gasteiger partial charge in [0, 0.05) is 37.3 Å². The van der Waals surface area contributed by atoms with Crippen molar-refractivity contribution in [1.29, 1.82) is 0 Å². The fraction of sp³-hybridized carbons (Fsp3) is 0.706. The number of thiophene rings is 1. The summed E-state index contributed by atoms with van der Waals surface area (Å²) in [4.78, 5) is 13.2. The molecule has 4 nitrogen and oxygen atoms in total. The van der Waals surface area contributed by atoms with Crippen LogP contribution in [-0.2, 0) is 4.74 Å². The third kappa shape index (κ3) is 4.08. The van der Waals surface area contributed by atoms with E-state index in [0.717, 1.165) is 37.0 Å². The summed E-state index contributed by atoms with van der Waals surface area (Å²) in [5.41, 5.74) is 1.35. The molecule has 2 heterocycles. The van der Waals surface area contributed by atoms with Gasteiger partial charge < -0.3 is 15.4 Å². The van der Waals surface area contributed by atoms with E-state index in [1.165, 1.54) is 31.2 Å². The number of hydrogen-bond acceptors (Lipinski definition) is 4. The first-order valence-corrected chi connectivity index (χ1v) is 9.40. The second-order valence-electron chi connectivity index (χ2n) is 6.85. The van der Waals surface area contributed by atoms with Crippen molar-refractivity contribution in [2.75, 3.05) is 13.2 Å². The van der Waals surface area contributed by atoms with Crippen molar-refractivity contribution in [3.8, 4) is 0 Å². The van der Waals surface area contributed by atoms with Crippen LogP contribution in [-0.4, -0.2) is 37.2 Å². The van der Waals surface area contributed by atoms with Crippen LogP contribution in [0.2, 0.25) is 0 Å². The van der Waals surface area contributed by atoms with Crippen molar-refractivity contribution >= 4 is 29.7 Å². The molecule has 1 saturated heterocycles. The second-order valence-corrected chi connectivity index (χ2v) is 7.76. The van der Waals surface area contributed by atoms with E-state index in [-0.39, 0.29) is 24.4 Å². The average Bonchev–Trinajstić information content (AvgIpc) is 3.08. The Morgan fingerprint density at radius 2 is 1.96 bits per heavy atom. The fourth-order valence-electron chi connectivity index (χ4n) is 3.39. The minimum Gasteiger partial charge on any atom is -0.381 e. The van der Waals surface area contributed by atoms with E-state index >= 15 is 0 Å². The normalized spacial score (nSPS) is 27.8. The fourth-order valence-corrected chi connectivity index (χ4v) is 4.26. The first kappa shape index (κ1) is 17.2. The van der Waals surface area contributed by atoms with E-state index in [1.807, 2.05) is 0 Å². The van der Waals surface area contributed by atoms with Crippen LogP contribution in [0.3, 0.4) is 0 Å². The van der Waals surface area contributed by atoms with E-state index < -0.39 is 0 Å². The smallest absolute Gasteiger partial charge is 0.261 e. The minimum atomic E-state index is 0. The first-order valence-electron chi connectivity index (χ1n) is 8.52.